The van der Waals surface area contributed by atoms with Crippen LogP contribution in [0.1, 0.15) is 6.92 Å². The molecule has 7 heteroatoms. The number of hydrogen-bond acceptors (Lipinski definition) is 6. The molecule has 1 heterocycles. The lowest BCUT2D eigenvalue weighted by Gasteiger charge is -2.10. The van der Waals surface area contributed by atoms with Crippen LogP contribution in [0.25, 0.3) is 0 Å². The van der Waals surface area contributed by atoms with Gasteiger partial charge in [0.2, 0.25) is 5.88 Å². The molecule has 21 heavy (non-hydrogen) atoms. The Labute approximate surface area is 121 Å². The van der Waals surface area contributed by atoms with Crippen molar-refractivity contribution in [3.8, 4) is 17.4 Å². The van der Waals surface area contributed by atoms with Crippen LogP contribution >= 0.6 is 0 Å². The van der Waals surface area contributed by atoms with Crippen LogP contribution in [-0.4, -0.2) is 23.6 Å². The smallest absolute Gasteiger partial charge is 0.278 e. The van der Waals surface area contributed by atoms with Gasteiger partial charge in [0.1, 0.15) is 5.82 Å². The molecule has 0 aliphatic heterocycles. The Morgan fingerprint density at radius 2 is 2.00 bits per heavy atom. The Morgan fingerprint density at radius 3 is 2.62 bits per heavy atom. The van der Waals surface area contributed by atoms with Gasteiger partial charge in [-0.25, -0.2) is 0 Å². The highest BCUT2D eigenvalue weighted by molar-refractivity contribution is 5.50. The van der Waals surface area contributed by atoms with Crippen LogP contribution in [0.4, 0.5) is 11.5 Å². The number of benzene rings is 1. The van der Waals surface area contributed by atoms with E-state index in [1.54, 1.807) is 24.3 Å². The predicted molar refractivity (Wildman–Crippen MR) is 78.1 cm³/mol. The summed E-state index contributed by atoms with van der Waals surface area (Å²) < 4.78 is 10.8. The van der Waals surface area contributed by atoms with Gasteiger partial charge in [0.05, 0.1) is 24.2 Å². The van der Waals surface area contributed by atoms with Crippen LogP contribution in [0, 0.1) is 10.1 Å². The molecule has 0 atom stereocenters. The lowest BCUT2D eigenvalue weighted by atomic mass is 10.3. The molecule has 0 aliphatic carbocycles. The van der Waals surface area contributed by atoms with E-state index in [-0.39, 0.29) is 11.6 Å². The molecule has 0 unspecified atom stereocenters. The van der Waals surface area contributed by atoms with Crippen molar-refractivity contribution in [2.24, 2.45) is 0 Å². The number of pyridine rings is 1. The maximum Gasteiger partial charge on any atom is 0.278 e. The molecule has 0 fully saturated rings. The fourth-order valence-electron chi connectivity index (χ4n) is 1.74. The number of ether oxygens (including phenoxy) is 2. The quantitative estimate of drug-likeness (QED) is 0.649. The molecule has 0 amide bonds. The van der Waals surface area contributed by atoms with Gasteiger partial charge in [-0.05, 0) is 19.1 Å². The molecule has 1 N–H and O–H groups in total. The highest BCUT2D eigenvalue weighted by atomic mass is 16.6. The van der Waals surface area contributed by atoms with Gasteiger partial charge in [-0.3, -0.25) is 10.1 Å². The van der Waals surface area contributed by atoms with Crippen molar-refractivity contribution in [3.63, 3.8) is 0 Å². The Balaban J connectivity index is 2.36. The third kappa shape index (κ3) is 3.59. The zero-order chi connectivity index (χ0) is 15.2. The molecule has 0 radical (unpaired) electrons. The number of hydrogen-bond donors (Lipinski definition) is 1. The van der Waals surface area contributed by atoms with Crippen molar-refractivity contribution in [1.29, 1.82) is 0 Å². The normalized spacial score (nSPS) is 10.0. The minimum atomic E-state index is -0.488. The van der Waals surface area contributed by atoms with Crippen molar-refractivity contribution >= 4 is 11.5 Å². The van der Waals surface area contributed by atoms with E-state index in [0.29, 0.717) is 23.9 Å². The van der Waals surface area contributed by atoms with Crippen molar-refractivity contribution in [2.75, 3.05) is 19.0 Å². The summed E-state index contributed by atoms with van der Waals surface area (Å²) >= 11 is 0. The standard InChI is InChI=1S/C14H15N3O4/c1-3-15-13-8-10(17(18)19)9-14(16-13)21-12-7-5-4-6-11(12)20-2/h4-9H,3H2,1-2H3,(H,15,16). The Bertz CT molecular complexity index is 646. The van der Waals surface area contributed by atoms with E-state index in [4.69, 9.17) is 9.47 Å². The van der Waals surface area contributed by atoms with E-state index in [1.165, 1.54) is 19.2 Å². The summed E-state index contributed by atoms with van der Waals surface area (Å²) in [6.45, 7) is 2.48. The fourth-order valence-corrected chi connectivity index (χ4v) is 1.74. The summed E-state index contributed by atoms with van der Waals surface area (Å²) in [4.78, 5) is 14.6. The van der Waals surface area contributed by atoms with Gasteiger partial charge in [-0.1, -0.05) is 12.1 Å². The largest absolute Gasteiger partial charge is 0.493 e. The van der Waals surface area contributed by atoms with Gasteiger partial charge in [0.25, 0.3) is 5.69 Å². The van der Waals surface area contributed by atoms with Crippen LogP contribution < -0.4 is 14.8 Å². The zero-order valence-electron chi connectivity index (χ0n) is 11.7. The second-order valence-electron chi connectivity index (χ2n) is 4.09. The predicted octanol–water partition coefficient (Wildman–Crippen LogP) is 3.22. The van der Waals surface area contributed by atoms with Gasteiger partial charge in [0.15, 0.2) is 11.5 Å². The average molecular weight is 289 g/mol. The SMILES string of the molecule is CCNc1cc([N+](=O)[O-])cc(Oc2ccccc2OC)n1. The van der Waals surface area contributed by atoms with E-state index in [2.05, 4.69) is 10.3 Å². The van der Waals surface area contributed by atoms with Crippen LogP contribution in [0.3, 0.4) is 0 Å². The van der Waals surface area contributed by atoms with Gasteiger partial charge in [-0.2, -0.15) is 4.98 Å². The van der Waals surface area contributed by atoms with E-state index < -0.39 is 4.92 Å². The number of nitrogens with zero attached hydrogens (tertiary/aromatic N) is 2. The van der Waals surface area contributed by atoms with Gasteiger partial charge in [-0.15, -0.1) is 0 Å². The number of para-hydroxylation sites is 2. The molecule has 0 saturated heterocycles. The van der Waals surface area contributed by atoms with E-state index in [0.717, 1.165) is 0 Å². The van der Waals surface area contributed by atoms with E-state index in [9.17, 15) is 10.1 Å². The summed E-state index contributed by atoms with van der Waals surface area (Å²) in [6.07, 6.45) is 0. The van der Waals surface area contributed by atoms with Gasteiger partial charge < -0.3 is 14.8 Å². The monoisotopic (exact) mass is 289 g/mol. The highest BCUT2D eigenvalue weighted by Crippen LogP contribution is 2.32. The molecule has 0 aliphatic rings. The zero-order valence-corrected chi connectivity index (χ0v) is 11.7. The molecule has 7 nitrogen and oxygen atoms in total. The van der Waals surface area contributed by atoms with E-state index in [1.807, 2.05) is 6.92 Å². The Hall–Kier alpha value is -2.83. The molecule has 1 aromatic heterocycles. The molecule has 0 spiro atoms. The fraction of sp³-hybridized carbons (Fsp3) is 0.214. The number of anilines is 1. The molecule has 110 valence electrons. The third-order valence-corrected chi connectivity index (χ3v) is 2.64. The van der Waals surface area contributed by atoms with Crippen LogP contribution in [0.5, 0.6) is 17.4 Å². The molecule has 1 aromatic carbocycles. The molecule has 2 aromatic rings. The Morgan fingerprint density at radius 1 is 1.29 bits per heavy atom. The number of methoxy groups -OCH3 is 1. The van der Waals surface area contributed by atoms with E-state index >= 15 is 0 Å². The van der Waals surface area contributed by atoms with Crippen LogP contribution in [-0.2, 0) is 0 Å². The van der Waals surface area contributed by atoms with Gasteiger partial charge >= 0.3 is 0 Å². The van der Waals surface area contributed by atoms with Crippen molar-refractivity contribution in [2.45, 2.75) is 6.92 Å². The third-order valence-electron chi connectivity index (χ3n) is 2.64. The molecule has 0 bridgehead atoms. The minimum Gasteiger partial charge on any atom is -0.493 e. The lowest BCUT2D eigenvalue weighted by molar-refractivity contribution is -0.384. The molecule has 0 saturated carbocycles. The minimum absolute atomic E-state index is 0.0918. The topological polar surface area (TPSA) is 86.5 Å². The second kappa shape index (κ2) is 6.56. The first-order chi connectivity index (χ1) is 10.1. The summed E-state index contributed by atoms with van der Waals surface area (Å²) in [5, 5.41) is 13.9. The number of aromatic nitrogens is 1. The van der Waals surface area contributed by atoms with Crippen LogP contribution in [0.2, 0.25) is 0 Å². The average Bonchev–Trinajstić information content (AvgIpc) is 2.48. The molecule has 2 rings (SSSR count). The van der Waals surface area contributed by atoms with Crippen molar-refractivity contribution < 1.29 is 14.4 Å². The molecular formula is C14H15N3O4. The van der Waals surface area contributed by atoms with Crippen LogP contribution in [0.15, 0.2) is 36.4 Å². The number of rotatable bonds is 6. The summed E-state index contributed by atoms with van der Waals surface area (Å²) in [7, 11) is 1.52. The number of nitro groups is 1. The summed E-state index contributed by atoms with van der Waals surface area (Å²) in [5.41, 5.74) is -0.0918. The molecular weight excluding hydrogens is 274 g/mol. The number of nitrogens with one attached hydrogen (secondary N) is 1. The highest BCUT2D eigenvalue weighted by Gasteiger charge is 2.13. The summed E-state index contributed by atoms with van der Waals surface area (Å²) in [6, 6.07) is 9.65. The maximum absolute atomic E-state index is 11.0. The lowest BCUT2D eigenvalue weighted by Crippen LogP contribution is -2.02. The second-order valence-corrected chi connectivity index (χ2v) is 4.09. The van der Waals surface area contributed by atoms with Crippen molar-refractivity contribution in [1.82, 2.24) is 4.98 Å². The Kier molecular flexibility index (Phi) is 4.55. The maximum atomic E-state index is 11.0. The first-order valence-electron chi connectivity index (χ1n) is 6.35. The van der Waals surface area contributed by atoms with Gasteiger partial charge in [0, 0.05) is 6.54 Å². The van der Waals surface area contributed by atoms with Crippen molar-refractivity contribution in [3.05, 3.63) is 46.5 Å². The summed E-state index contributed by atoms with van der Waals surface area (Å²) in [5.74, 6) is 1.48. The first kappa shape index (κ1) is 14.6. The first-order valence-corrected chi connectivity index (χ1v) is 6.35.